The third-order valence-corrected chi connectivity index (χ3v) is 5.77. The molecule has 1 saturated heterocycles. The molecular weight excluding hydrogens is 290 g/mol. The predicted molar refractivity (Wildman–Crippen MR) is 85.5 cm³/mol. The van der Waals surface area contributed by atoms with E-state index < -0.39 is 10.2 Å². The average Bonchev–Trinajstić information content (AvgIpc) is 2.48. The van der Waals surface area contributed by atoms with Crippen LogP contribution in [0, 0.1) is 5.92 Å². The van der Waals surface area contributed by atoms with Crippen LogP contribution in [0.5, 0.6) is 0 Å². The van der Waals surface area contributed by atoms with Crippen molar-refractivity contribution in [2.45, 2.75) is 33.1 Å². The van der Waals surface area contributed by atoms with Gasteiger partial charge in [-0.05, 0) is 45.2 Å². The Balaban J connectivity index is 2.49. The monoisotopic (exact) mass is 321 g/mol. The Hall–Kier alpha value is -0.210. The van der Waals surface area contributed by atoms with Crippen LogP contribution < -0.4 is 5.32 Å². The van der Waals surface area contributed by atoms with Crippen molar-refractivity contribution >= 4 is 10.2 Å². The molecule has 1 aliphatic rings. The van der Waals surface area contributed by atoms with Crippen LogP contribution in [0.3, 0.4) is 0 Å². The molecule has 6 nitrogen and oxygen atoms in total. The molecule has 0 aromatic carbocycles. The maximum Gasteiger partial charge on any atom is 0.281 e. The van der Waals surface area contributed by atoms with Gasteiger partial charge in [-0.1, -0.05) is 6.92 Å². The van der Waals surface area contributed by atoms with Gasteiger partial charge in [0.25, 0.3) is 10.2 Å². The van der Waals surface area contributed by atoms with Crippen molar-refractivity contribution in [1.82, 2.24) is 13.9 Å². The van der Waals surface area contributed by atoms with Gasteiger partial charge in [-0.3, -0.25) is 0 Å². The maximum absolute atomic E-state index is 12.5. The van der Waals surface area contributed by atoms with E-state index in [4.69, 9.17) is 4.74 Å². The Kier molecular flexibility index (Phi) is 8.73. The number of rotatable bonds is 10. The van der Waals surface area contributed by atoms with Crippen LogP contribution in [-0.2, 0) is 14.9 Å². The molecule has 21 heavy (non-hydrogen) atoms. The highest BCUT2D eigenvalue weighted by molar-refractivity contribution is 7.86. The minimum Gasteiger partial charge on any atom is -0.380 e. The van der Waals surface area contributed by atoms with Crippen LogP contribution in [0.4, 0.5) is 0 Å². The van der Waals surface area contributed by atoms with E-state index in [0.717, 1.165) is 32.4 Å². The smallest absolute Gasteiger partial charge is 0.281 e. The van der Waals surface area contributed by atoms with Gasteiger partial charge in [0.05, 0.1) is 6.61 Å². The maximum atomic E-state index is 12.5. The number of hydrogen-bond donors (Lipinski definition) is 1. The molecule has 1 unspecified atom stereocenters. The minimum absolute atomic E-state index is 0.408. The van der Waals surface area contributed by atoms with Gasteiger partial charge in [0.15, 0.2) is 0 Å². The molecule has 1 N–H and O–H groups in total. The topological polar surface area (TPSA) is 61.9 Å². The van der Waals surface area contributed by atoms with Crippen LogP contribution in [0.2, 0.25) is 0 Å². The first-order chi connectivity index (χ1) is 10.0. The van der Waals surface area contributed by atoms with Crippen LogP contribution in [0.15, 0.2) is 0 Å². The van der Waals surface area contributed by atoms with Gasteiger partial charge in [-0.25, -0.2) is 0 Å². The molecule has 1 heterocycles. The molecular formula is C14H31N3O3S. The molecule has 0 aromatic rings. The lowest BCUT2D eigenvalue weighted by molar-refractivity contribution is 0.136. The molecule has 1 rings (SSSR count). The highest BCUT2D eigenvalue weighted by atomic mass is 32.2. The van der Waals surface area contributed by atoms with Gasteiger partial charge in [-0.2, -0.15) is 17.0 Å². The third-order valence-electron chi connectivity index (χ3n) is 3.82. The number of ether oxygens (including phenoxy) is 1. The zero-order valence-corrected chi connectivity index (χ0v) is 14.5. The third kappa shape index (κ3) is 6.20. The second-order valence-corrected chi connectivity index (χ2v) is 7.63. The quantitative estimate of drug-likeness (QED) is 0.608. The second-order valence-electron chi connectivity index (χ2n) is 5.60. The lowest BCUT2D eigenvalue weighted by Crippen LogP contribution is -2.48. The Morgan fingerprint density at radius 3 is 2.81 bits per heavy atom. The molecule has 0 aromatic heterocycles. The molecule has 0 aliphatic carbocycles. The molecule has 0 amide bonds. The summed E-state index contributed by atoms with van der Waals surface area (Å²) in [5, 5.41) is 3.39. The van der Waals surface area contributed by atoms with E-state index in [1.807, 2.05) is 6.92 Å². The van der Waals surface area contributed by atoms with Gasteiger partial charge in [0.1, 0.15) is 0 Å². The van der Waals surface area contributed by atoms with Gasteiger partial charge >= 0.3 is 0 Å². The molecule has 1 aliphatic heterocycles. The van der Waals surface area contributed by atoms with Crippen molar-refractivity contribution in [2.24, 2.45) is 5.92 Å². The summed E-state index contributed by atoms with van der Waals surface area (Å²) in [4.78, 5) is 0. The van der Waals surface area contributed by atoms with Crippen LogP contribution in [0.1, 0.15) is 33.1 Å². The Morgan fingerprint density at radius 2 is 2.14 bits per heavy atom. The molecule has 7 heteroatoms. The summed E-state index contributed by atoms with van der Waals surface area (Å²) >= 11 is 0. The highest BCUT2D eigenvalue weighted by Crippen LogP contribution is 2.20. The van der Waals surface area contributed by atoms with Crippen LogP contribution in [-0.4, -0.2) is 70.0 Å². The van der Waals surface area contributed by atoms with Crippen LogP contribution >= 0.6 is 0 Å². The van der Waals surface area contributed by atoms with E-state index in [1.54, 1.807) is 11.4 Å². The molecule has 0 bridgehead atoms. The summed E-state index contributed by atoms with van der Waals surface area (Å²) in [6.45, 7) is 8.67. The Labute approximate surface area is 130 Å². The number of nitrogens with zero attached hydrogens (tertiary/aromatic N) is 2. The van der Waals surface area contributed by atoms with Crippen molar-refractivity contribution in [3.05, 3.63) is 0 Å². The van der Waals surface area contributed by atoms with E-state index in [-0.39, 0.29) is 0 Å². The largest absolute Gasteiger partial charge is 0.380 e. The molecule has 1 atom stereocenters. The fourth-order valence-corrected chi connectivity index (χ4v) is 3.99. The summed E-state index contributed by atoms with van der Waals surface area (Å²) in [6, 6.07) is 0. The summed E-state index contributed by atoms with van der Waals surface area (Å²) in [5.41, 5.74) is 0. The molecule has 0 radical (unpaired) electrons. The summed E-state index contributed by atoms with van der Waals surface area (Å²) in [6.07, 6.45) is 3.15. The molecule has 0 saturated carbocycles. The number of likely N-dealkylation sites (N-methyl/N-ethyl adjacent to an activating group) is 1. The van der Waals surface area contributed by atoms with Gasteiger partial charge in [-0.15, -0.1) is 0 Å². The van der Waals surface area contributed by atoms with Crippen molar-refractivity contribution in [2.75, 3.05) is 53.0 Å². The van der Waals surface area contributed by atoms with Gasteiger partial charge < -0.3 is 10.1 Å². The normalized spacial score (nSPS) is 21.0. The Morgan fingerprint density at radius 1 is 1.38 bits per heavy atom. The summed E-state index contributed by atoms with van der Waals surface area (Å²) < 4.78 is 33.3. The van der Waals surface area contributed by atoms with Gasteiger partial charge in [0, 0.05) is 33.3 Å². The second kappa shape index (κ2) is 9.74. The van der Waals surface area contributed by atoms with Crippen molar-refractivity contribution in [3.8, 4) is 0 Å². The zero-order chi connectivity index (χ0) is 15.7. The van der Waals surface area contributed by atoms with Gasteiger partial charge in [0.2, 0.25) is 0 Å². The minimum atomic E-state index is -3.35. The number of piperidine rings is 1. The Bertz CT molecular complexity index is 376. The lowest BCUT2D eigenvalue weighted by atomic mass is 10.00. The molecule has 1 fully saturated rings. The molecule has 126 valence electrons. The molecule has 0 spiro atoms. The van der Waals surface area contributed by atoms with Crippen molar-refractivity contribution in [1.29, 1.82) is 0 Å². The van der Waals surface area contributed by atoms with Crippen molar-refractivity contribution < 1.29 is 13.2 Å². The average molecular weight is 321 g/mol. The highest BCUT2D eigenvalue weighted by Gasteiger charge is 2.31. The zero-order valence-electron chi connectivity index (χ0n) is 13.7. The van der Waals surface area contributed by atoms with Crippen LogP contribution in [0.25, 0.3) is 0 Å². The van der Waals surface area contributed by atoms with E-state index in [1.165, 1.54) is 4.31 Å². The first kappa shape index (κ1) is 18.8. The van der Waals surface area contributed by atoms with E-state index in [2.05, 4.69) is 12.2 Å². The fourth-order valence-electron chi connectivity index (χ4n) is 2.54. The van der Waals surface area contributed by atoms with Crippen molar-refractivity contribution in [3.63, 3.8) is 0 Å². The van der Waals surface area contributed by atoms with E-state index in [9.17, 15) is 8.42 Å². The lowest BCUT2D eigenvalue weighted by Gasteiger charge is -2.34. The summed E-state index contributed by atoms with van der Waals surface area (Å²) in [7, 11) is -1.71. The predicted octanol–water partition coefficient (Wildman–Crippen LogP) is 0.911. The van der Waals surface area contributed by atoms with E-state index >= 15 is 0 Å². The first-order valence-electron chi connectivity index (χ1n) is 8.02. The SMILES string of the molecule is CCCNCC1CCCN(S(=O)(=O)N(C)CCOCC)C1. The number of nitrogens with one attached hydrogen (secondary N) is 1. The standard InChI is InChI=1S/C14H31N3O3S/c1-4-8-15-12-14-7-6-9-17(13-14)21(18,19)16(3)10-11-20-5-2/h14-15H,4-13H2,1-3H3. The number of hydrogen-bond acceptors (Lipinski definition) is 4. The first-order valence-corrected chi connectivity index (χ1v) is 9.41. The fraction of sp³-hybridized carbons (Fsp3) is 1.00. The van der Waals surface area contributed by atoms with E-state index in [0.29, 0.717) is 38.8 Å². The summed E-state index contributed by atoms with van der Waals surface area (Å²) in [5.74, 6) is 0.417.